The number of nitrogens with zero attached hydrogens (tertiary/aromatic N) is 1. The fourth-order valence-corrected chi connectivity index (χ4v) is 3.14. The van der Waals surface area contributed by atoms with E-state index in [0.29, 0.717) is 5.92 Å². The van der Waals surface area contributed by atoms with Gasteiger partial charge in [0.1, 0.15) is 0 Å². The summed E-state index contributed by atoms with van der Waals surface area (Å²) >= 11 is 3.63. The molecule has 0 aliphatic carbocycles. The summed E-state index contributed by atoms with van der Waals surface area (Å²) < 4.78 is 1.09. The van der Waals surface area contributed by atoms with Crippen molar-refractivity contribution in [2.45, 2.75) is 25.8 Å². The van der Waals surface area contributed by atoms with E-state index in [0.717, 1.165) is 36.0 Å². The van der Waals surface area contributed by atoms with E-state index in [2.05, 4.69) is 39.0 Å². The zero-order chi connectivity index (χ0) is 13.1. The van der Waals surface area contributed by atoms with Gasteiger partial charge in [-0.05, 0) is 59.3 Å². The van der Waals surface area contributed by atoms with E-state index in [1.165, 1.54) is 5.69 Å². The molecule has 1 saturated heterocycles. The molecule has 1 aromatic rings. The maximum Gasteiger partial charge on any atom is 0.0510 e. The number of benzene rings is 1. The maximum absolute atomic E-state index is 9.29. The van der Waals surface area contributed by atoms with Crippen LogP contribution in [0.4, 0.5) is 5.69 Å². The zero-order valence-corrected chi connectivity index (χ0v) is 12.4. The van der Waals surface area contributed by atoms with Gasteiger partial charge >= 0.3 is 0 Å². The van der Waals surface area contributed by atoms with Crippen molar-refractivity contribution < 1.29 is 5.11 Å². The molecule has 1 fully saturated rings. The Balaban J connectivity index is 2.17. The number of piperidine rings is 1. The van der Waals surface area contributed by atoms with Crippen LogP contribution in [0.1, 0.15) is 31.4 Å². The highest BCUT2D eigenvalue weighted by molar-refractivity contribution is 9.10. The first-order valence-corrected chi connectivity index (χ1v) is 7.32. The molecule has 0 amide bonds. The van der Waals surface area contributed by atoms with Crippen LogP contribution < -0.4 is 10.6 Å². The molecule has 1 aliphatic heterocycles. The second kappa shape index (κ2) is 6.04. The fraction of sp³-hybridized carbons (Fsp3) is 0.571. The largest absolute Gasteiger partial charge is 0.396 e. The predicted octanol–water partition coefficient (Wildman–Crippen LogP) is 2.68. The molecule has 4 heteroatoms. The van der Waals surface area contributed by atoms with Gasteiger partial charge in [0, 0.05) is 30.2 Å². The molecule has 2 atom stereocenters. The van der Waals surface area contributed by atoms with Crippen molar-refractivity contribution in [1.82, 2.24) is 0 Å². The van der Waals surface area contributed by atoms with Gasteiger partial charge in [0.2, 0.25) is 0 Å². The summed E-state index contributed by atoms with van der Waals surface area (Å²) in [5.74, 6) is 0.402. The van der Waals surface area contributed by atoms with Crippen molar-refractivity contribution in [3.05, 3.63) is 28.2 Å². The van der Waals surface area contributed by atoms with Crippen molar-refractivity contribution in [3.63, 3.8) is 0 Å². The fourth-order valence-electron chi connectivity index (χ4n) is 2.50. The summed E-state index contributed by atoms with van der Waals surface area (Å²) in [7, 11) is 0. The lowest BCUT2D eigenvalue weighted by Gasteiger charge is -2.34. The highest BCUT2D eigenvalue weighted by Crippen LogP contribution is 2.31. The molecule has 3 nitrogen and oxygen atoms in total. The molecule has 18 heavy (non-hydrogen) atoms. The molecule has 100 valence electrons. The third-order valence-electron chi connectivity index (χ3n) is 3.62. The molecule has 3 N–H and O–H groups in total. The van der Waals surface area contributed by atoms with Crippen LogP contribution in [-0.2, 0) is 0 Å². The minimum atomic E-state index is 0.0573. The second-order valence-corrected chi connectivity index (χ2v) is 5.99. The van der Waals surface area contributed by atoms with Gasteiger partial charge in [-0.15, -0.1) is 0 Å². The van der Waals surface area contributed by atoms with Crippen molar-refractivity contribution in [2.75, 3.05) is 24.6 Å². The van der Waals surface area contributed by atoms with E-state index >= 15 is 0 Å². The lowest BCUT2D eigenvalue weighted by atomic mass is 9.98. The Morgan fingerprint density at radius 3 is 2.94 bits per heavy atom. The van der Waals surface area contributed by atoms with Gasteiger partial charge in [0.15, 0.2) is 0 Å². The highest BCUT2D eigenvalue weighted by atomic mass is 79.9. The zero-order valence-electron chi connectivity index (χ0n) is 10.8. The first-order chi connectivity index (χ1) is 8.61. The summed E-state index contributed by atoms with van der Waals surface area (Å²) in [4.78, 5) is 2.35. The number of nitrogens with two attached hydrogens (primary N) is 1. The smallest absolute Gasteiger partial charge is 0.0510 e. The third-order valence-corrected chi connectivity index (χ3v) is 4.25. The average Bonchev–Trinajstić information content (AvgIpc) is 2.38. The van der Waals surface area contributed by atoms with Crippen molar-refractivity contribution in [2.24, 2.45) is 11.7 Å². The summed E-state index contributed by atoms with van der Waals surface area (Å²) in [6.45, 7) is 4.27. The van der Waals surface area contributed by atoms with Crippen LogP contribution in [0.5, 0.6) is 0 Å². The summed E-state index contributed by atoms with van der Waals surface area (Å²) in [5, 5.41) is 9.29. The minimum absolute atomic E-state index is 0.0573. The molecule has 2 rings (SSSR count). The van der Waals surface area contributed by atoms with Gasteiger partial charge in [-0.2, -0.15) is 0 Å². The molecule has 1 aromatic carbocycles. The molecule has 0 radical (unpaired) electrons. The van der Waals surface area contributed by atoms with Crippen LogP contribution >= 0.6 is 15.9 Å². The number of anilines is 1. The van der Waals surface area contributed by atoms with Crippen LogP contribution in [0.2, 0.25) is 0 Å². The Labute approximate surface area is 117 Å². The van der Waals surface area contributed by atoms with E-state index in [9.17, 15) is 5.11 Å². The van der Waals surface area contributed by atoms with E-state index in [4.69, 9.17) is 5.73 Å². The first-order valence-electron chi connectivity index (χ1n) is 6.52. The number of halogens is 1. The van der Waals surface area contributed by atoms with Gasteiger partial charge in [0.25, 0.3) is 0 Å². The van der Waals surface area contributed by atoms with E-state index in [1.807, 2.05) is 6.92 Å². The normalized spacial score (nSPS) is 22.0. The lowest BCUT2D eigenvalue weighted by Crippen LogP contribution is -2.37. The Kier molecular flexibility index (Phi) is 4.65. The Morgan fingerprint density at radius 2 is 2.33 bits per heavy atom. The third kappa shape index (κ3) is 3.05. The average molecular weight is 313 g/mol. The summed E-state index contributed by atoms with van der Waals surface area (Å²) in [6, 6.07) is 6.38. The molecule has 1 aliphatic rings. The van der Waals surface area contributed by atoms with Crippen molar-refractivity contribution >= 4 is 21.6 Å². The first kappa shape index (κ1) is 13.8. The number of aliphatic hydroxyl groups excluding tert-OH is 1. The van der Waals surface area contributed by atoms with Crippen LogP contribution in [0.15, 0.2) is 22.7 Å². The number of hydrogen-bond acceptors (Lipinski definition) is 3. The van der Waals surface area contributed by atoms with Crippen LogP contribution in [0.3, 0.4) is 0 Å². The van der Waals surface area contributed by atoms with Gasteiger partial charge < -0.3 is 15.7 Å². The standard InChI is InChI=1S/C14H21BrN2O/c1-10(16)12-4-5-14(13(15)7-12)17-6-2-3-11(8-17)9-18/h4-5,7,10-11,18H,2-3,6,8-9,16H2,1H3. The Hall–Kier alpha value is -0.580. The van der Waals surface area contributed by atoms with Crippen molar-refractivity contribution in [3.8, 4) is 0 Å². The van der Waals surface area contributed by atoms with Crippen molar-refractivity contribution in [1.29, 1.82) is 0 Å². The van der Waals surface area contributed by atoms with Crippen LogP contribution in [-0.4, -0.2) is 24.8 Å². The molecule has 2 unspecified atom stereocenters. The van der Waals surface area contributed by atoms with Crippen LogP contribution in [0.25, 0.3) is 0 Å². The maximum atomic E-state index is 9.29. The van der Waals surface area contributed by atoms with E-state index in [-0.39, 0.29) is 12.6 Å². The molecular weight excluding hydrogens is 292 g/mol. The Morgan fingerprint density at radius 1 is 1.56 bits per heavy atom. The van der Waals surface area contributed by atoms with Gasteiger partial charge in [-0.25, -0.2) is 0 Å². The molecule has 0 bridgehead atoms. The highest BCUT2D eigenvalue weighted by Gasteiger charge is 2.21. The lowest BCUT2D eigenvalue weighted by molar-refractivity contribution is 0.208. The monoisotopic (exact) mass is 312 g/mol. The van der Waals surface area contributed by atoms with Gasteiger partial charge in [-0.3, -0.25) is 0 Å². The quantitative estimate of drug-likeness (QED) is 0.902. The SMILES string of the molecule is CC(N)c1ccc(N2CCCC(CO)C2)c(Br)c1. The van der Waals surface area contributed by atoms with Gasteiger partial charge in [-0.1, -0.05) is 6.07 Å². The number of hydrogen-bond donors (Lipinski definition) is 2. The molecule has 0 spiro atoms. The molecule has 0 aromatic heterocycles. The van der Waals surface area contributed by atoms with E-state index < -0.39 is 0 Å². The summed E-state index contributed by atoms with van der Waals surface area (Å²) in [6.07, 6.45) is 2.27. The number of aliphatic hydroxyl groups is 1. The Bertz CT molecular complexity index is 409. The molecular formula is C14H21BrN2O. The number of rotatable bonds is 3. The topological polar surface area (TPSA) is 49.5 Å². The molecule has 1 heterocycles. The second-order valence-electron chi connectivity index (χ2n) is 5.14. The van der Waals surface area contributed by atoms with Crippen LogP contribution in [0, 0.1) is 5.92 Å². The summed E-state index contributed by atoms with van der Waals surface area (Å²) in [5.41, 5.74) is 8.23. The predicted molar refractivity (Wildman–Crippen MR) is 78.8 cm³/mol. The minimum Gasteiger partial charge on any atom is -0.396 e. The van der Waals surface area contributed by atoms with E-state index in [1.54, 1.807) is 0 Å². The molecule has 0 saturated carbocycles. The van der Waals surface area contributed by atoms with Gasteiger partial charge in [0.05, 0.1) is 5.69 Å².